The largest absolute Gasteiger partial charge is 0.207 e. The lowest BCUT2D eigenvalue weighted by Gasteiger charge is -2.05. The molecule has 0 spiro atoms. The van der Waals surface area contributed by atoms with Gasteiger partial charge in [-0.3, -0.25) is 0 Å². The fourth-order valence-corrected chi connectivity index (χ4v) is 1.91. The van der Waals surface area contributed by atoms with Crippen LogP contribution in [0.2, 0.25) is 5.02 Å². The van der Waals surface area contributed by atoms with E-state index in [2.05, 4.69) is 6.07 Å². The highest BCUT2D eigenvalue weighted by Crippen LogP contribution is 2.25. The molecule has 0 heterocycles. The molecule has 0 aromatic heterocycles. The summed E-state index contributed by atoms with van der Waals surface area (Å²) in [6.07, 6.45) is 0.314. The number of nitrogens with zero attached hydrogens (tertiary/aromatic N) is 1. The molecule has 1 nitrogen and oxygen atoms in total. The lowest BCUT2D eigenvalue weighted by atomic mass is 10.0. The molecule has 2 aromatic rings. The third kappa shape index (κ3) is 2.83. The summed E-state index contributed by atoms with van der Waals surface area (Å²) in [5, 5.41) is 9.25. The molecule has 0 saturated carbocycles. The average Bonchev–Trinajstić information content (AvgIpc) is 2.29. The van der Waals surface area contributed by atoms with Gasteiger partial charge in [0.2, 0.25) is 0 Å². The van der Waals surface area contributed by atoms with Crippen LogP contribution in [0.1, 0.15) is 5.56 Å². The molecule has 0 atom stereocenters. The first kappa shape index (κ1) is 11.6. The SMILES string of the molecule is N#CCc1cc(Cl)cc(-c2ccc(F)cc2)c1. The van der Waals surface area contributed by atoms with Crippen molar-refractivity contribution < 1.29 is 4.39 Å². The Bertz CT molecular complexity index is 570. The summed E-state index contributed by atoms with van der Waals surface area (Å²) < 4.78 is 12.8. The summed E-state index contributed by atoms with van der Waals surface area (Å²) >= 11 is 5.98. The average molecular weight is 246 g/mol. The Labute approximate surface area is 104 Å². The lowest BCUT2D eigenvalue weighted by Crippen LogP contribution is -1.85. The van der Waals surface area contributed by atoms with Crippen molar-refractivity contribution in [1.29, 1.82) is 5.26 Å². The standard InChI is InChI=1S/C14H9ClFN/c15-13-8-10(5-6-17)7-12(9-13)11-1-3-14(16)4-2-11/h1-4,7-9H,5H2. The van der Waals surface area contributed by atoms with Crippen molar-refractivity contribution in [2.24, 2.45) is 0 Å². The zero-order valence-electron chi connectivity index (χ0n) is 8.95. The Morgan fingerprint density at radius 2 is 1.76 bits per heavy atom. The van der Waals surface area contributed by atoms with E-state index in [0.717, 1.165) is 16.7 Å². The molecule has 0 fully saturated rings. The van der Waals surface area contributed by atoms with E-state index >= 15 is 0 Å². The predicted octanol–water partition coefficient (Wildman–Crippen LogP) is 4.21. The summed E-state index contributed by atoms with van der Waals surface area (Å²) in [6.45, 7) is 0. The van der Waals surface area contributed by atoms with Gasteiger partial charge < -0.3 is 0 Å². The highest BCUT2D eigenvalue weighted by molar-refractivity contribution is 6.31. The number of hydrogen-bond acceptors (Lipinski definition) is 1. The van der Waals surface area contributed by atoms with E-state index in [9.17, 15) is 4.39 Å². The summed E-state index contributed by atoms with van der Waals surface area (Å²) in [4.78, 5) is 0. The van der Waals surface area contributed by atoms with E-state index in [0.29, 0.717) is 11.4 Å². The quantitative estimate of drug-likeness (QED) is 0.777. The number of hydrogen-bond donors (Lipinski definition) is 0. The van der Waals surface area contributed by atoms with Crippen LogP contribution in [0.15, 0.2) is 42.5 Å². The predicted molar refractivity (Wildman–Crippen MR) is 66.2 cm³/mol. The number of nitriles is 1. The Balaban J connectivity index is 2.45. The van der Waals surface area contributed by atoms with Crippen LogP contribution < -0.4 is 0 Å². The van der Waals surface area contributed by atoms with Gasteiger partial charge in [0.05, 0.1) is 12.5 Å². The topological polar surface area (TPSA) is 23.8 Å². The lowest BCUT2D eigenvalue weighted by molar-refractivity contribution is 0.628. The van der Waals surface area contributed by atoms with Gasteiger partial charge in [-0.1, -0.05) is 29.8 Å². The van der Waals surface area contributed by atoms with Crippen molar-refractivity contribution in [3.63, 3.8) is 0 Å². The van der Waals surface area contributed by atoms with Gasteiger partial charge in [0.15, 0.2) is 0 Å². The molecule has 0 amide bonds. The van der Waals surface area contributed by atoms with Gasteiger partial charge in [0.1, 0.15) is 5.82 Å². The molecule has 0 bridgehead atoms. The van der Waals surface area contributed by atoms with Gasteiger partial charge in [0, 0.05) is 5.02 Å². The first-order valence-corrected chi connectivity index (χ1v) is 5.49. The van der Waals surface area contributed by atoms with Gasteiger partial charge in [-0.05, 0) is 41.0 Å². The molecule has 2 rings (SSSR count). The molecule has 2 aromatic carbocycles. The summed E-state index contributed by atoms with van der Waals surface area (Å²) in [5.41, 5.74) is 2.63. The van der Waals surface area contributed by atoms with Crippen LogP contribution in [0.5, 0.6) is 0 Å². The van der Waals surface area contributed by atoms with Gasteiger partial charge in [0.25, 0.3) is 0 Å². The van der Waals surface area contributed by atoms with Gasteiger partial charge in [-0.25, -0.2) is 4.39 Å². The van der Waals surface area contributed by atoms with Gasteiger partial charge in [-0.2, -0.15) is 5.26 Å². The van der Waals surface area contributed by atoms with Gasteiger partial charge in [-0.15, -0.1) is 0 Å². The second kappa shape index (κ2) is 4.99. The molecular formula is C14H9ClFN. The Morgan fingerprint density at radius 1 is 1.06 bits per heavy atom. The number of benzene rings is 2. The Hall–Kier alpha value is -1.85. The minimum atomic E-state index is -0.270. The van der Waals surface area contributed by atoms with Crippen LogP contribution in [0.25, 0.3) is 11.1 Å². The third-order valence-corrected chi connectivity index (χ3v) is 2.64. The highest BCUT2D eigenvalue weighted by Gasteiger charge is 2.02. The van der Waals surface area contributed by atoms with E-state index in [4.69, 9.17) is 16.9 Å². The maximum atomic E-state index is 12.8. The number of rotatable bonds is 2. The molecule has 0 radical (unpaired) electrons. The Morgan fingerprint density at radius 3 is 2.41 bits per heavy atom. The summed E-state index contributed by atoms with van der Waals surface area (Å²) in [7, 11) is 0. The van der Waals surface area contributed by atoms with Crippen LogP contribution in [0.3, 0.4) is 0 Å². The molecule has 0 N–H and O–H groups in total. The van der Waals surface area contributed by atoms with E-state index in [1.54, 1.807) is 24.3 Å². The van der Waals surface area contributed by atoms with Crippen molar-refractivity contribution >= 4 is 11.6 Å². The van der Waals surface area contributed by atoms with Crippen molar-refractivity contribution in [2.75, 3.05) is 0 Å². The molecule has 17 heavy (non-hydrogen) atoms. The van der Waals surface area contributed by atoms with Crippen LogP contribution in [-0.2, 0) is 6.42 Å². The van der Waals surface area contributed by atoms with Crippen LogP contribution in [0.4, 0.5) is 4.39 Å². The fraction of sp³-hybridized carbons (Fsp3) is 0.0714. The third-order valence-electron chi connectivity index (χ3n) is 2.42. The second-order valence-electron chi connectivity index (χ2n) is 3.69. The molecule has 3 heteroatoms. The Kier molecular flexibility index (Phi) is 3.41. The minimum absolute atomic E-state index is 0.270. The summed E-state index contributed by atoms with van der Waals surface area (Å²) in [6, 6.07) is 13.7. The first-order valence-electron chi connectivity index (χ1n) is 5.11. The molecule has 84 valence electrons. The van der Waals surface area contributed by atoms with E-state index < -0.39 is 0 Å². The maximum Gasteiger partial charge on any atom is 0.123 e. The minimum Gasteiger partial charge on any atom is -0.207 e. The van der Waals surface area contributed by atoms with Crippen molar-refractivity contribution in [3.8, 4) is 17.2 Å². The van der Waals surface area contributed by atoms with Crippen LogP contribution in [-0.4, -0.2) is 0 Å². The molecule has 0 saturated heterocycles. The van der Waals surface area contributed by atoms with Crippen molar-refractivity contribution in [2.45, 2.75) is 6.42 Å². The number of halogens is 2. The van der Waals surface area contributed by atoms with Crippen molar-refractivity contribution in [1.82, 2.24) is 0 Å². The molecular weight excluding hydrogens is 237 g/mol. The maximum absolute atomic E-state index is 12.8. The summed E-state index contributed by atoms with van der Waals surface area (Å²) in [5.74, 6) is -0.270. The van der Waals surface area contributed by atoms with Crippen LogP contribution in [0, 0.1) is 17.1 Å². The second-order valence-corrected chi connectivity index (χ2v) is 4.13. The van der Waals surface area contributed by atoms with Crippen molar-refractivity contribution in [3.05, 3.63) is 58.9 Å². The van der Waals surface area contributed by atoms with Crippen LogP contribution >= 0.6 is 11.6 Å². The van der Waals surface area contributed by atoms with Gasteiger partial charge >= 0.3 is 0 Å². The first-order chi connectivity index (χ1) is 8.19. The smallest absolute Gasteiger partial charge is 0.123 e. The molecule has 0 aliphatic rings. The molecule has 0 aliphatic carbocycles. The molecule has 0 aliphatic heterocycles. The normalized spacial score (nSPS) is 9.94. The zero-order chi connectivity index (χ0) is 12.3. The van der Waals surface area contributed by atoms with E-state index in [1.807, 2.05) is 6.07 Å². The van der Waals surface area contributed by atoms with E-state index in [-0.39, 0.29) is 5.82 Å². The highest BCUT2D eigenvalue weighted by atomic mass is 35.5. The monoisotopic (exact) mass is 245 g/mol. The fourth-order valence-electron chi connectivity index (χ4n) is 1.65. The molecule has 0 unspecified atom stereocenters. The van der Waals surface area contributed by atoms with E-state index in [1.165, 1.54) is 12.1 Å². The zero-order valence-corrected chi connectivity index (χ0v) is 9.71.